The third-order valence-electron chi connectivity index (χ3n) is 3.80. The maximum Gasteiger partial charge on any atom is 0.221 e. The van der Waals surface area contributed by atoms with Crippen LogP contribution in [0, 0.1) is 0 Å². The summed E-state index contributed by atoms with van der Waals surface area (Å²) in [5, 5.41) is 9.38. The average molecular weight is 439 g/mol. The van der Waals surface area contributed by atoms with Crippen LogP contribution in [0.2, 0.25) is 0 Å². The first-order valence-corrected chi connectivity index (χ1v) is 8.62. The van der Waals surface area contributed by atoms with Gasteiger partial charge in [-0.05, 0) is 46.7 Å². The molecule has 1 amide bonds. The normalized spacial score (nSPS) is 18.7. The number of guanidine groups is 1. The molecule has 1 aliphatic heterocycles. The highest BCUT2D eigenvalue weighted by molar-refractivity contribution is 14.0. The Morgan fingerprint density at radius 3 is 2.65 bits per heavy atom. The highest BCUT2D eigenvalue weighted by Gasteiger charge is 2.22. The molecule has 1 atom stereocenters. The number of hydrogen-bond donors (Lipinski definition) is 3. The fourth-order valence-electron chi connectivity index (χ4n) is 2.75. The van der Waals surface area contributed by atoms with Crippen molar-refractivity contribution in [3.05, 3.63) is 0 Å². The molecule has 0 bridgehead atoms. The topological polar surface area (TPSA) is 68.8 Å². The summed E-state index contributed by atoms with van der Waals surface area (Å²) in [5.74, 6) is 0.883. The number of rotatable bonds is 8. The van der Waals surface area contributed by atoms with Gasteiger partial charge in [-0.2, -0.15) is 0 Å². The maximum atomic E-state index is 11.6. The van der Waals surface area contributed by atoms with Gasteiger partial charge in [-0.25, -0.2) is 0 Å². The minimum atomic E-state index is 0. The lowest BCUT2D eigenvalue weighted by molar-refractivity contribution is -0.121. The first kappa shape index (κ1) is 22.4. The summed E-state index contributed by atoms with van der Waals surface area (Å²) in [7, 11) is 0. The molecule has 0 radical (unpaired) electrons. The molecule has 1 saturated heterocycles. The van der Waals surface area contributed by atoms with Crippen molar-refractivity contribution in [3.8, 4) is 0 Å². The van der Waals surface area contributed by atoms with Crippen molar-refractivity contribution in [3.63, 3.8) is 0 Å². The van der Waals surface area contributed by atoms with E-state index in [4.69, 9.17) is 0 Å². The van der Waals surface area contributed by atoms with Gasteiger partial charge in [0, 0.05) is 31.6 Å². The Kier molecular flexibility index (Phi) is 12.5. The molecule has 1 aliphatic rings. The summed E-state index contributed by atoms with van der Waals surface area (Å²) in [5.41, 5.74) is 0. The predicted molar refractivity (Wildman–Crippen MR) is 108 cm³/mol. The SMILES string of the molecule is CCNC(=NCC1CCCN1CC)NCCC(=O)NC(C)C.I. The molecule has 0 spiro atoms. The van der Waals surface area contributed by atoms with Crippen molar-refractivity contribution in [1.29, 1.82) is 0 Å². The van der Waals surface area contributed by atoms with E-state index in [1.165, 1.54) is 19.4 Å². The van der Waals surface area contributed by atoms with Crippen molar-refractivity contribution in [2.75, 3.05) is 32.7 Å². The number of carbonyl (C=O) groups is 1. The molecule has 0 aliphatic carbocycles. The molecule has 0 aromatic rings. The summed E-state index contributed by atoms with van der Waals surface area (Å²) in [6.07, 6.45) is 2.97. The number of carbonyl (C=O) groups excluding carboxylic acids is 1. The van der Waals surface area contributed by atoms with Crippen LogP contribution in [-0.4, -0.2) is 61.6 Å². The van der Waals surface area contributed by atoms with Crippen molar-refractivity contribution < 1.29 is 4.79 Å². The Morgan fingerprint density at radius 2 is 2.04 bits per heavy atom. The molecule has 1 fully saturated rings. The van der Waals surface area contributed by atoms with E-state index in [-0.39, 0.29) is 35.9 Å². The van der Waals surface area contributed by atoms with E-state index in [0.29, 0.717) is 19.0 Å². The van der Waals surface area contributed by atoms with E-state index in [9.17, 15) is 4.79 Å². The van der Waals surface area contributed by atoms with Crippen LogP contribution < -0.4 is 16.0 Å². The zero-order valence-electron chi connectivity index (χ0n) is 15.0. The Bertz CT molecular complexity index is 362. The van der Waals surface area contributed by atoms with Crippen LogP contribution in [-0.2, 0) is 4.79 Å². The average Bonchev–Trinajstić information content (AvgIpc) is 2.91. The van der Waals surface area contributed by atoms with Gasteiger partial charge in [0.15, 0.2) is 5.96 Å². The lowest BCUT2D eigenvalue weighted by Gasteiger charge is -2.21. The second kappa shape index (κ2) is 12.8. The number of likely N-dealkylation sites (N-methyl/N-ethyl adjacent to an activating group) is 1. The van der Waals surface area contributed by atoms with E-state index in [2.05, 4.69) is 39.7 Å². The van der Waals surface area contributed by atoms with E-state index < -0.39 is 0 Å². The summed E-state index contributed by atoms with van der Waals surface area (Å²) < 4.78 is 0. The smallest absolute Gasteiger partial charge is 0.221 e. The van der Waals surface area contributed by atoms with Crippen LogP contribution in [0.5, 0.6) is 0 Å². The zero-order chi connectivity index (χ0) is 16.4. The van der Waals surface area contributed by atoms with Crippen molar-refractivity contribution in [2.45, 2.75) is 59.0 Å². The van der Waals surface area contributed by atoms with E-state index in [0.717, 1.165) is 25.6 Å². The van der Waals surface area contributed by atoms with Gasteiger partial charge in [-0.3, -0.25) is 14.7 Å². The highest BCUT2D eigenvalue weighted by atomic mass is 127. The van der Waals surface area contributed by atoms with Gasteiger partial charge >= 0.3 is 0 Å². The third-order valence-corrected chi connectivity index (χ3v) is 3.80. The minimum absolute atomic E-state index is 0. The molecular formula is C16H34IN5O. The molecule has 7 heteroatoms. The Labute approximate surface area is 158 Å². The third kappa shape index (κ3) is 9.34. The number of hydrogen-bond acceptors (Lipinski definition) is 3. The molecule has 1 heterocycles. The monoisotopic (exact) mass is 439 g/mol. The van der Waals surface area contributed by atoms with Gasteiger partial charge in [-0.1, -0.05) is 6.92 Å². The Morgan fingerprint density at radius 1 is 1.30 bits per heavy atom. The molecule has 136 valence electrons. The van der Waals surface area contributed by atoms with Gasteiger partial charge < -0.3 is 16.0 Å². The second-order valence-electron chi connectivity index (χ2n) is 6.04. The van der Waals surface area contributed by atoms with Crippen molar-refractivity contribution in [2.24, 2.45) is 4.99 Å². The molecule has 3 N–H and O–H groups in total. The van der Waals surface area contributed by atoms with Crippen LogP contribution in [0.3, 0.4) is 0 Å². The maximum absolute atomic E-state index is 11.6. The number of nitrogens with one attached hydrogen (secondary N) is 3. The minimum Gasteiger partial charge on any atom is -0.357 e. The standard InChI is InChI=1S/C16H33N5O.HI/c1-5-17-16(18-10-9-15(22)20-13(3)4)19-12-14-8-7-11-21(14)6-2;/h13-14H,5-12H2,1-4H3,(H,20,22)(H2,17,18,19);1H. The largest absolute Gasteiger partial charge is 0.357 e. The van der Waals surface area contributed by atoms with Crippen LogP contribution in [0.15, 0.2) is 4.99 Å². The zero-order valence-corrected chi connectivity index (χ0v) is 17.4. The molecular weight excluding hydrogens is 405 g/mol. The summed E-state index contributed by atoms with van der Waals surface area (Å²) in [6, 6.07) is 0.751. The van der Waals surface area contributed by atoms with Crippen molar-refractivity contribution in [1.82, 2.24) is 20.9 Å². The number of aliphatic imine (C=N–C) groups is 1. The highest BCUT2D eigenvalue weighted by Crippen LogP contribution is 2.16. The summed E-state index contributed by atoms with van der Waals surface area (Å²) in [6.45, 7) is 12.7. The number of nitrogens with zero attached hydrogens (tertiary/aromatic N) is 2. The fraction of sp³-hybridized carbons (Fsp3) is 0.875. The molecule has 1 rings (SSSR count). The first-order chi connectivity index (χ1) is 10.6. The van der Waals surface area contributed by atoms with Crippen molar-refractivity contribution >= 4 is 35.8 Å². The van der Waals surface area contributed by atoms with Crippen LogP contribution in [0.25, 0.3) is 0 Å². The van der Waals surface area contributed by atoms with Gasteiger partial charge in [-0.15, -0.1) is 24.0 Å². The van der Waals surface area contributed by atoms with E-state index in [1.807, 2.05) is 13.8 Å². The van der Waals surface area contributed by atoms with Crippen LogP contribution in [0.4, 0.5) is 0 Å². The summed E-state index contributed by atoms with van der Waals surface area (Å²) >= 11 is 0. The Hall–Kier alpha value is -0.570. The first-order valence-electron chi connectivity index (χ1n) is 8.62. The predicted octanol–water partition coefficient (Wildman–Crippen LogP) is 1.56. The molecule has 23 heavy (non-hydrogen) atoms. The Balaban J connectivity index is 0.00000484. The molecule has 0 saturated carbocycles. The van der Waals surface area contributed by atoms with Gasteiger partial charge in [0.2, 0.25) is 5.91 Å². The molecule has 6 nitrogen and oxygen atoms in total. The second-order valence-corrected chi connectivity index (χ2v) is 6.04. The van der Waals surface area contributed by atoms with Gasteiger partial charge in [0.1, 0.15) is 0 Å². The fourth-order valence-corrected chi connectivity index (χ4v) is 2.75. The lowest BCUT2D eigenvalue weighted by atomic mass is 10.2. The molecule has 1 unspecified atom stereocenters. The van der Waals surface area contributed by atoms with Crippen LogP contribution >= 0.6 is 24.0 Å². The number of halogens is 1. The quantitative estimate of drug-likeness (QED) is 0.305. The number of likely N-dealkylation sites (tertiary alicyclic amines) is 1. The van der Waals surface area contributed by atoms with Gasteiger partial charge in [0.25, 0.3) is 0 Å². The molecule has 0 aromatic carbocycles. The van der Waals surface area contributed by atoms with E-state index in [1.54, 1.807) is 0 Å². The number of amides is 1. The molecule has 0 aromatic heterocycles. The lowest BCUT2D eigenvalue weighted by Crippen LogP contribution is -2.41. The van der Waals surface area contributed by atoms with Crippen LogP contribution in [0.1, 0.15) is 47.0 Å². The van der Waals surface area contributed by atoms with Gasteiger partial charge in [0.05, 0.1) is 6.54 Å². The van der Waals surface area contributed by atoms with E-state index >= 15 is 0 Å². The summed E-state index contributed by atoms with van der Waals surface area (Å²) in [4.78, 5) is 18.8.